The molecule has 0 aliphatic carbocycles. The molecule has 1 amide bonds. The lowest BCUT2D eigenvalue weighted by Gasteiger charge is -2.13. The van der Waals surface area contributed by atoms with E-state index in [1.54, 1.807) is 31.2 Å². The number of aromatic nitrogens is 8. The molecule has 0 radical (unpaired) electrons. The molecule has 0 aromatic carbocycles. The van der Waals surface area contributed by atoms with Crippen molar-refractivity contribution in [3.8, 4) is 11.3 Å². The molecule has 13 nitrogen and oxygen atoms in total. The summed E-state index contributed by atoms with van der Waals surface area (Å²) in [6.07, 6.45) is 2.59. The molecule has 0 aliphatic rings. The maximum absolute atomic E-state index is 13.7. The molecule has 5 aromatic heterocycles. The van der Waals surface area contributed by atoms with E-state index >= 15 is 0 Å². The summed E-state index contributed by atoms with van der Waals surface area (Å²) in [6.45, 7) is 3.37. The normalized spacial score (nSPS) is 11.8. The maximum atomic E-state index is 13.7. The van der Waals surface area contributed by atoms with E-state index < -0.39 is 23.1 Å². The van der Waals surface area contributed by atoms with Gasteiger partial charge in [0.15, 0.2) is 17.0 Å². The van der Waals surface area contributed by atoms with Crippen molar-refractivity contribution in [1.82, 2.24) is 38.8 Å². The van der Waals surface area contributed by atoms with Crippen molar-refractivity contribution in [3.63, 3.8) is 0 Å². The van der Waals surface area contributed by atoms with Gasteiger partial charge < -0.3 is 14.4 Å². The minimum absolute atomic E-state index is 0.0357. The standard InChI is InChI=1S/C25H23F2N9O4/c1-13-8-15(9-28-21(13)25(3,26)27)16-6-5-7-17(31-16)32-19(37)11-35-12-29-22-20(35)23(38)36(24(39)34(22)4)10-18-30-14(2)40-33-18/h5-9,12H,10-11H2,1-4H3,(H,31,32,37). The summed E-state index contributed by atoms with van der Waals surface area (Å²) in [7, 11) is 1.46. The smallest absolute Gasteiger partial charge is 0.332 e. The van der Waals surface area contributed by atoms with Gasteiger partial charge in [0.05, 0.1) is 18.6 Å². The second-order valence-corrected chi connectivity index (χ2v) is 9.24. The van der Waals surface area contributed by atoms with Crippen LogP contribution in [-0.4, -0.2) is 44.7 Å². The molecule has 5 rings (SSSR count). The topological polar surface area (TPSA) is 156 Å². The number of halogens is 2. The van der Waals surface area contributed by atoms with Gasteiger partial charge in [-0.1, -0.05) is 11.2 Å². The first-order valence-corrected chi connectivity index (χ1v) is 12.0. The number of carbonyl (C=O) groups excluding carboxylic acids is 1. The van der Waals surface area contributed by atoms with Crippen LogP contribution >= 0.6 is 0 Å². The van der Waals surface area contributed by atoms with E-state index in [1.807, 2.05) is 0 Å². The molecule has 5 heterocycles. The lowest BCUT2D eigenvalue weighted by atomic mass is 10.1. The Morgan fingerprint density at radius 3 is 2.60 bits per heavy atom. The summed E-state index contributed by atoms with van der Waals surface area (Å²) < 4.78 is 35.8. The van der Waals surface area contributed by atoms with Crippen LogP contribution in [0.15, 0.2) is 50.9 Å². The third-order valence-electron chi connectivity index (χ3n) is 6.09. The monoisotopic (exact) mass is 551 g/mol. The van der Waals surface area contributed by atoms with Gasteiger partial charge in [0.1, 0.15) is 18.1 Å². The van der Waals surface area contributed by atoms with Crippen molar-refractivity contribution in [2.75, 3.05) is 5.32 Å². The van der Waals surface area contributed by atoms with Gasteiger partial charge in [-0.2, -0.15) is 13.8 Å². The number of amides is 1. The largest absolute Gasteiger partial charge is 0.340 e. The number of anilines is 1. The number of nitrogens with zero attached hydrogens (tertiary/aromatic N) is 8. The Morgan fingerprint density at radius 1 is 1.15 bits per heavy atom. The van der Waals surface area contributed by atoms with Gasteiger partial charge in [-0.25, -0.2) is 14.8 Å². The quantitative estimate of drug-likeness (QED) is 0.320. The van der Waals surface area contributed by atoms with Crippen LogP contribution in [0.1, 0.15) is 29.9 Å². The van der Waals surface area contributed by atoms with Crippen LogP contribution in [0, 0.1) is 13.8 Å². The highest BCUT2D eigenvalue weighted by Crippen LogP contribution is 2.30. The molecule has 0 atom stereocenters. The van der Waals surface area contributed by atoms with Crippen molar-refractivity contribution in [2.24, 2.45) is 7.05 Å². The highest BCUT2D eigenvalue weighted by Gasteiger charge is 2.28. The fourth-order valence-electron chi connectivity index (χ4n) is 4.30. The van der Waals surface area contributed by atoms with Crippen LogP contribution in [0.5, 0.6) is 0 Å². The number of imidazole rings is 1. The van der Waals surface area contributed by atoms with E-state index in [9.17, 15) is 23.2 Å². The molecule has 40 heavy (non-hydrogen) atoms. The number of hydrogen-bond donors (Lipinski definition) is 1. The maximum Gasteiger partial charge on any atom is 0.332 e. The first-order valence-electron chi connectivity index (χ1n) is 12.0. The van der Waals surface area contributed by atoms with Gasteiger partial charge in [-0.15, -0.1) is 0 Å². The molecular weight excluding hydrogens is 528 g/mol. The molecule has 206 valence electrons. The van der Waals surface area contributed by atoms with Crippen molar-refractivity contribution in [1.29, 1.82) is 0 Å². The lowest BCUT2D eigenvalue weighted by Crippen LogP contribution is -2.40. The van der Waals surface area contributed by atoms with Crippen LogP contribution in [0.2, 0.25) is 0 Å². The number of alkyl halides is 2. The highest BCUT2D eigenvalue weighted by molar-refractivity contribution is 5.90. The Labute approximate surface area is 224 Å². The van der Waals surface area contributed by atoms with E-state index in [0.29, 0.717) is 16.8 Å². The van der Waals surface area contributed by atoms with Crippen molar-refractivity contribution < 1.29 is 18.1 Å². The first kappa shape index (κ1) is 26.5. The van der Waals surface area contributed by atoms with Gasteiger partial charge in [-0.3, -0.25) is 23.7 Å². The number of pyridine rings is 2. The van der Waals surface area contributed by atoms with Gasteiger partial charge in [-0.05, 0) is 30.7 Å². The zero-order valence-electron chi connectivity index (χ0n) is 21.8. The minimum Gasteiger partial charge on any atom is -0.340 e. The van der Waals surface area contributed by atoms with Crippen LogP contribution in [0.4, 0.5) is 14.6 Å². The van der Waals surface area contributed by atoms with Crippen molar-refractivity contribution >= 4 is 22.9 Å². The second kappa shape index (κ2) is 9.91. The molecule has 0 fully saturated rings. The summed E-state index contributed by atoms with van der Waals surface area (Å²) >= 11 is 0. The third kappa shape index (κ3) is 5.00. The number of carbonyl (C=O) groups is 1. The molecule has 0 saturated heterocycles. The van der Waals surface area contributed by atoms with Crippen LogP contribution in [0.25, 0.3) is 22.4 Å². The molecule has 0 bridgehead atoms. The number of hydrogen-bond acceptors (Lipinski definition) is 9. The summed E-state index contributed by atoms with van der Waals surface area (Å²) in [5.41, 5.74) is -0.255. The second-order valence-electron chi connectivity index (χ2n) is 9.24. The fourth-order valence-corrected chi connectivity index (χ4v) is 4.30. The Balaban J connectivity index is 1.40. The Hall–Kier alpha value is -5.08. The summed E-state index contributed by atoms with van der Waals surface area (Å²) in [5.74, 6) is -2.97. The van der Waals surface area contributed by atoms with E-state index in [2.05, 4.69) is 30.4 Å². The van der Waals surface area contributed by atoms with Gasteiger partial charge in [0.2, 0.25) is 11.8 Å². The average Bonchev–Trinajstić information content (AvgIpc) is 3.50. The number of fused-ring (bicyclic) bond motifs is 1. The Bertz CT molecular complexity index is 1880. The van der Waals surface area contributed by atoms with Crippen LogP contribution in [0.3, 0.4) is 0 Å². The highest BCUT2D eigenvalue weighted by atomic mass is 19.3. The lowest BCUT2D eigenvalue weighted by molar-refractivity contribution is -0.116. The predicted molar refractivity (Wildman–Crippen MR) is 138 cm³/mol. The number of aryl methyl sites for hydroxylation is 3. The molecule has 15 heteroatoms. The Kier molecular flexibility index (Phi) is 6.57. The van der Waals surface area contributed by atoms with Crippen molar-refractivity contribution in [2.45, 2.75) is 39.8 Å². The predicted octanol–water partition coefficient (Wildman–Crippen LogP) is 2.15. The van der Waals surface area contributed by atoms with Gasteiger partial charge >= 0.3 is 5.69 Å². The molecule has 0 unspecified atom stereocenters. The zero-order chi connectivity index (χ0) is 28.8. The third-order valence-corrected chi connectivity index (χ3v) is 6.09. The number of rotatable bonds is 7. The molecule has 0 aliphatic heterocycles. The molecule has 0 spiro atoms. The molecule has 0 saturated carbocycles. The zero-order valence-corrected chi connectivity index (χ0v) is 21.8. The summed E-state index contributed by atoms with van der Waals surface area (Å²) in [4.78, 5) is 55.4. The number of nitrogens with one attached hydrogen (secondary N) is 1. The van der Waals surface area contributed by atoms with E-state index in [-0.39, 0.29) is 47.5 Å². The summed E-state index contributed by atoms with van der Waals surface area (Å²) in [6, 6.07) is 6.42. The van der Waals surface area contributed by atoms with E-state index in [4.69, 9.17) is 4.52 Å². The molecule has 5 aromatic rings. The van der Waals surface area contributed by atoms with Gasteiger partial charge in [0, 0.05) is 32.7 Å². The molecular formula is C25H23F2N9O4. The summed E-state index contributed by atoms with van der Waals surface area (Å²) in [5, 5.41) is 6.39. The Morgan fingerprint density at radius 2 is 1.93 bits per heavy atom. The SMILES string of the molecule is Cc1nc(Cn2c(=O)c3c(ncn3CC(=O)Nc3cccc(-c4cnc(C(C)(F)F)c(C)c4)n3)n(C)c2=O)no1. The van der Waals surface area contributed by atoms with E-state index in [1.165, 1.54) is 35.6 Å². The fraction of sp³-hybridized carbons (Fsp3) is 0.280. The first-order chi connectivity index (χ1) is 18.9. The van der Waals surface area contributed by atoms with Crippen LogP contribution in [-0.2, 0) is 30.9 Å². The average molecular weight is 552 g/mol. The van der Waals surface area contributed by atoms with Gasteiger partial charge in [0.25, 0.3) is 11.5 Å². The molecule has 1 N–H and O–H groups in total. The van der Waals surface area contributed by atoms with Crippen molar-refractivity contribution in [3.05, 3.63) is 80.6 Å². The van der Waals surface area contributed by atoms with Crippen LogP contribution < -0.4 is 16.6 Å². The minimum atomic E-state index is -3.08. The van der Waals surface area contributed by atoms with E-state index in [0.717, 1.165) is 11.5 Å².